The van der Waals surface area contributed by atoms with Crippen LogP contribution in [-0.4, -0.2) is 55.5 Å². The predicted molar refractivity (Wildman–Crippen MR) is 87.9 cm³/mol. The molecule has 0 aliphatic carbocycles. The van der Waals surface area contributed by atoms with Crippen molar-refractivity contribution in [1.82, 2.24) is 9.21 Å². The minimum atomic E-state index is -3.13. The van der Waals surface area contributed by atoms with Crippen molar-refractivity contribution in [1.29, 1.82) is 0 Å². The molecule has 0 N–H and O–H groups in total. The number of hydrogen-bond acceptors (Lipinski definition) is 3. The normalized spacial score (nSPS) is 22.0. The lowest BCUT2D eigenvalue weighted by Gasteiger charge is -2.35. The molecule has 0 aromatic heterocycles. The second kappa shape index (κ2) is 7.59. The van der Waals surface area contributed by atoms with Gasteiger partial charge in [-0.15, -0.1) is 0 Å². The van der Waals surface area contributed by atoms with Gasteiger partial charge in [-0.25, -0.2) is 12.7 Å². The standard InChI is InChI=1S/C16H28N2O3S/c1-3-4-13-22(20,21)18-11-7-15(8-12-18)16(19)17-9-5-14(2)6-10-17/h15H,2-13H2,1H3. The van der Waals surface area contributed by atoms with E-state index in [1.54, 1.807) is 4.31 Å². The van der Waals surface area contributed by atoms with Gasteiger partial charge in [0.05, 0.1) is 5.75 Å². The van der Waals surface area contributed by atoms with Gasteiger partial charge in [0.15, 0.2) is 0 Å². The summed E-state index contributed by atoms with van der Waals surface area (Å²) in [5.41, 5.74) is 1.22. The number of rotatable bonds is 5. The maximum absolute atomic E-state index is 12.5. The third-order valence-electron chi connectivity index (χ3n) is 4.73. The molecule has 0 aromatic carbocycles. The molecule has 2 rings (SSSR count). The molecule has 0 bridgehead atoms. The van der Waals surface area contributed by atoms with Crippen LogP contribution in [0.2, 0.25) is 0 Å². The van der Waals surface area contributed by atoms with E-state index < -0.39 is 10.0 Å². The zero-order chi connectivity index (χ0) is 16.2. The monoisotopic (exact) mass is 328 g/mol. The first-order chi connectivity index (χ1) is 10.4. The van der Waals surface area contributed by atoms with Crippen LogP contribution >= 0.6 is 0 Å². The molecule has 0 spiro atoms. The molecule has 2 saturated heterocycles. The molecule has 6 heteroatoms. The lowest BCUT2D eigenvalue weighted by Crippen LogP contribution is -2.46. The fraction of sp³-hybridized carbons (Fsp3) is 0.812. The van der Waals surface area contributed by atoms with Crippen LogP contribution in [0.15, 0.2) is 12.2 Å². The molecule has 2 aliphatic rings. The second-order valence-electron chi connectivity index (χ2n) is 6.42. The van der Waals surface area contributed by atoms with Crippen molar-refractivity contribution < 1.29 is 13.2 Å². The summed E-state index contributed by atoms with van der Waals surface area (Å²) >= 11 is 0. The van der Waals surface area contributed by atoms with E-state index in [4.69, 9.17) is 0 Å². The minimum absolute atomic E-state index is 0.0102. The fourth-order valence-electron chi connectivity index (χ4n) is 3.14. The van der Waals surface area contributed by atoms with E-state index in [0.29, 0.717) is 32.4 Å². The van der Waals surface area contributed by atoms with E-state index in [1.807, 2.05) is 11.8 Å². The number of amides is 1. The number of carbonyl (C=O) groups excluding carboxylic acids is 1. The van der Waals surface area contributed by atoms with Gasteiger partial charge < -0.3 is 4.90 Å². The van der Waals surface area contributed by atoms with Crippen molar-refractivity contribution in [2.24, 2.45) is 5.92 Å². The van der Waals surface area contributed by atoms with Crippen LogP contribution in [0.25, 0.3) is 0 Å². The van der Waals surface area contributed by atoms with E-state index in [9.17, 15) is 13.2 Å². The number of carbonyl (C=O) groups is 1. The lowest BCUT2D eigenvalue weighted by atomic mass is 9.95. The van der Waals surface area contributed by atoms with E-state index >= 15 is 0 Å². The number of hydrogen-bond donors (Lipinski definition) is 0. The van der Waals surface area contributed by atoms with Gasteiger partial charge in [-0.1, -0.05) is 25.5 Å². The fourth-order valence-corrected chi connectivity index (χ4v) is 4.82. The highest BCUT2D eigenvalue weighted by atomic mass is 32.2. The minimum Gasteiger partial charge on any atom is -0.342 e. The highest BCUT2D eigenvalue weighted by molar-refractivity contribution is 7.89. The molecule has 1 amide bonds. The molecule has 2 aliphatic heterocycles. The van der Waals surface area contributed by atoms with Gasteiger partial charge >= 0.3 is 0 Å². The summed E-state index contributed by atoms with van der Waals surface area (Å²) < 4.78 is 25.9. The molecule has 2 fully saturated rings. The van der Waals surface area contributed by atoms with Crippen molar-refractivity contribution in [3.05, 3.63) is 12.2 Å². The maximum Gasteiger partial charge on any atom is 0.225 e. The van der Waals surface area contributed by atoms with E-state index in [0.717, 1.165) is 32.4 Å². The Balaban J connectivity index is 1.84. The van der Waals surface area contributed by atoms with Gasteiger partial charge in [0.1, 0.15) is 0 Å². The van der Waals surface area contributed by atoms with E-state index in [1.165, 1.54) is 5.57 Å². The van der Waals surface area contributed by atoms with Gasteiger partial charge in [0, 0.05) is 32.1 Å². The maximum atomic E-state index is 12.5. The van der Waals surface area contributed by atoms with Gasteiger partial charge in [-0.05, 0) is 32.1 Å². The first kappa shape index (κ1) is 17.5. The van der Waals surface area contributed by atoms with Crippen LogP contribution in [0.3, 0.4) is 0 Å². The van der Waals surface area contributed by atoms with Crippen LogP contribution in [-0.2, 0) is 14.8 Å². The highest BCUT2D eigenvalue weighted by Crippen LogP contribution is 2.24. The van der Waals surface area contributed by atoms with Crippen LogP contribution < -0.4 is 0 Å². The third-order valence-corrected chi connectivity index (χ3v) is 6.69. The average molecular weight is 328 g/mol. The number of nitrogens with zero attached hydrogens (tertiary/aromatic N) is 2. The smallest absolute Gasteiger partial charge is 0.225 e. The molecule has 0 aromatic rings. The van der Waals surface area contributed by atoms with Gasteiger partial charge in [0.25, 0.3) is 0 Å². The molecular weight excluding hydrogens is 300 g/mol. The Morgan fingerprint density at radius 1 is 1.18 bits per heavy atom. The summed E-state index contributed by atoms with van der Waals surface area (Å²) in [7, 11) is -3.13. The molecule has 5 nitrogen and oxygen atoms in total. The lowest BCUT2D eigenvalue weighted by molar-refractivity contribution is -0.137. The number of likely N-dealkylation sites (tertiary alicyclic amines) is 1. The van der Waals surface area contributed by atoms with Gasteiger partial charge in [-0.3, -0.25) is 4.79 Å². The van der Waals surface area contributed by atoms with E-state index in [-0.39, 0.29) is 17.6 Å². The summed E-state index contributed by atoms with van der Waals surface area (Å²) in [6.07, 6.45) is 4.70. The third kappa shape index (κ3) is 4.32. The number of piperidine rings is 2. The Morgan fingerprint density at radius 2 is 1.77 bits per heavy atom. The zero-order valence-corrected chi connectivity index (χ0v) is 14.4. The molecule has 0 radical (unpaired) electrons. The summed E-state index contributed by atoms with van der Waals surface area (Å²) in [6, 6.07) is 0. The molecule has 0 saturated carbocycles. The van der Waals surface area contributed by atoms with Crippen molar-refractivity contribution in [2.45, 2.75) is 45.4 Å². The molecule has 2 heterocycles. The van der Waals surface area contributed by atoms with Crippen LogP contribution in [0.4, 0.5) is 0 Å². The first-order valence-corrected chi connectivity index (χ1v) is 9.98. The molecule has 22 heavy (non-hydrogen) atoms. The van der Waals surface area contributed by atoms with Gasteiger partial charge in [-0.2, -0.15) is 0 Å². The Kier molecular flexibility index (Phi) is 6.03. The topological polar surface area (TPSA) is 57.7 Å². The quantitative estimate of drug-likeness (QED) is 0.725. The van der Waals surface area contributed by atoms with E-state index in [2.05, 4.69) is 6.58 Å². The first-order valence-electron chi connectivity index (χ1n) is 8.37. The summed E-state index contributed by atoms with van der Waals surface area (Å²) in [6.45, 7) is 8.48. The van der Waals surface area contributed by atoms with Crippen molar-refractivity contribution in [2.75, 3.05) is 31.9 Å². The summed E-state index contributed by atoms with van der Waals surface area (Å²) in [5.74, 6) is 0.429. The van der Waals surface area contributed by atoms with Crippen LogP contribution in [0, 0.1) is 5.92 Å². The van der Waals surface area contributed by atoms with Crippen molar-refractivity contribution >= 4 is 15.9 Å². The SMILES string of the molecule is C=C1CCN(C(=O)C2CCN(S(=O)(=O)CCCC)CC2)CC1. The van der Waals surface area contributed by atoms with Crippen LogP contribution in [0.5, 0.6) is 0 Å². The Hall–Kier alpha value is -0.880. The average Bonchev–Trinajstić information content (AvgIpc) is 2.53. The summed E-state index contributed by atoms with van der Waals surface area (Å²) in [4.78, 5) is 14.4. The molecule has 0 atom stereocenters. The summed E-state index contributed by atoms with van der Waals surface area (Å²) in [5, 5.41) is 0. The van der Waals surface area contributed by atoms with Crippen LogP contribution in [0.1, 0.15) is 45.4 Å². The number of sulfonamides is 1. The zero-order valence-electron chi connectivity index (χ0n) is 13.6. The largest absolute Gasteiger partial charge is 0.342 e. The number of unbranched alkanes of at least 4 members (excludes halogenated alkanes) is 1. The van der Waals surface area contributed by atoms with Crippen molar-refractivity contribution in [3.8, 4) is 0 Å². The highest BCUT2D eigenvalue weighted by Gasteiger charge is 2.33. The Bertz CT molecular complexity index is 497. The van der Waals surface area contributed by atoms with Crippen molar-refractivity contribution in [3.63, 3.8) is 0 Å². The Morgan fingerprint density at radius 3 is 2.32 bits per heavy atom. The van der Waals surface area contributed by atoms with Gasteiger partial charge in [0.2, 0.25) is 15.9 Å². The molecular formula is C16H28N2O3S. The Labute approximate surface area is 134 Å². The molecule has 0 unspecified atom stereocenters. The molecule has 126 valence electrons. The second-order valence-corrected chi connectivity index (χ2v) is 8.51. The predicted octanol–water partition coefficient (Wildman–Crippen LogP) is 2.01.